The third-order valence-electron chi connectivity index (χ3n) is 4.89. The Labute approximate surface area is 136 Å². The zero-order valence-electron chi connectivity index (χ0n) is 12.6. The van der Waals surface area contributed by atoms with Crippen LogP contribution in [0.5, 0.6) is 0 Å². The summed E-state index contributed by atoms with van der Waals surface area (Å²) in [5.74, 6) is 0.851. The second-order valence-electron chi connectivity index (χ2n) is 6.37. The van der Waals surface area contributed by atoms with E-state index in [0.717, 1.165) is 29.0 Å². The van der Waals surface area contributed by atoms with Crippen molar-refractivity contribution in [3.63, 3.8) is 0 Å². The number of benzene rings is 1. The molecular formula is C17H25BrN2O. The highest BCUT2D eigenvalue weighted by molar-refractivity contribution is 9.10. The minimum atomic E-state index is 0.121. The molecule has 0 atom stereocenters. The van der Waals surface area contributed by atoms with Crippen LogP contribution in [0, 0.1) is 5.92 Å². The third kappa shape index (κ3) is 3.79. The second kappa shape index (κ2) is 7.12. The van der Waals surface area contributed by atoms with Crippen molar-refractivity contribution in [1.29, 1.82) is 0 Å². The first-order chi connectivity index (χ1) is 10.3. The van der Waals surface area contributed by atoms with Gasteiger partial charge in [-0.3, -0.25) is 0 Å². The predicted octanol–water partition coefficient (Wildman–Crippen LogP) is 3.25. The summed E-state index contributed by atoms with van der Waals surface area (Å²) in [7, 11) is 0. The Kier molecular flexibility index (Phi) is 5.19. The molecule has 116 valence electrons. The fourth-order valence-corrected chi connectivity index (χ4v) is 4.00. The molecular weight excluding hydrogens is 328 g/mol. The standard InChI is InChI=1S/C17H25BrN2O/c18-16-4-3-15(13-21)17(11-16)20-9-5-14(6-10-20)12-19-7-1-2-8-19/h3-4,11,14,21H,1-2,5-10,12-13H2. The Morgan fingerprint density at radius 1 is 1.10 bits per heavy atom. The summed E-state index contributed by atoms with van der Waals surface area (Å²) in [5, 5.41) is 9.53. The molecule has 1 N–H and O–H groups in total. The number of rotatable bonds is 4. The summed E-state index contributed by atoms with van der Waals surface area (Å²) >= 11 is 3.55. The van der Waals surface area contributed by atoms with E-state index in [0.29, 0.717) is 0 Å². The van der Waals surface area contributed by atoms with Crippen LogP contribution in [0.2, 0.25) is 0 Å². The predicted molar refractivity (Wildman–Crippen MR) is 90.7 cm³/mol. The lowest BCUT2D eigenvalue weighted by Gasteiger charge is -2.36. The van der Waals surface area contributed by atoms with Gasteiger partial charge in [-0.05, 0) is 56.8 Å². The minimum absolute atomic E-state index is 0.121. The van der Waals surface area contributed by atoms with Gasteiger partial charge in [0.25, 0.3) is 0 Å². The molecule has 4 heteroatoms. The quantitative estimate of drug-likeness (QED) is 0.900. The zero-order valence-corrected chi connectivity index (χ0v) is 14.2. The SMILES string of the molecule is OCc1ccc(Br)cc1N1CCC(CN2CCCC2)CC1. The molecule has 0 aliphatic carbocycles. The highest BCUT2D eigenvalue weighted by Gasteiger charge is 2.23. The number of nitrogens with zero attached hydrogens (tertiary/aromatic N) is 2. The highest BCUT2D eigenvalue weighted by Crippen LogP contribution is 2.30. The van der Waals surface area contributed by atoms with Gasteiger partial charge in [-0.25, -0.2) is 0 Å². The van der Waals surface area contributed by atoms with E-state index in [4.69, 9.17) is 0 Å². The number of aliphatic hydroxyl groups is 1. The molecule has 2 aliphatic rings. The maximum absolute atomic E-state index is 9.53. The lowest BCUT2D eigenvalue weighted by Crippen LogP contribution is -2.38. The first-order valence-corrected chi connectivity index (χ1v) is 8.92. The fraction of sp³-hybridized carbons (Fsp3) is 0.647. The van der Waals surface area contributed by atoms with Crippen molar-refractivity contribution < 1.29 is 5.11 Å². The van der Waals surface area contributed by atoms with E-state index in [1.165, 1.54) is 51.0 Å². The molecule has 2 aliphatic heterocycles. The van der Waals surface area contributed by atoms with Gasteiger partial charge in [-0.1, -0.05) is 22.0 Å². The molecule has 0 unspecified atom stereocenters. The lowest BCUT2D eigenvalue weighted by atomic mass is 9.95. The molecule has 0 bridgehead atoms. The fourth-order valence-electron chi connectivity index (χ4n) is 3.65. The minimum Gasteiger partial charge on any atom is -0.392 e. The van der Waals surface area contributed by atoms with Crippen LogP contribution in [0.3, 0.4) is 0 Å². The molecule has 3 rings (SSSR count). The molecule has 2 fully saturated rings. The van der Waals surface area contributed by atoms with Crippen molar-refractivity contribution in [3.8, 4) is 0 Å². The molecule has 0 aromatic heterocycles. The third-order valence-corrected chi connectivity index (χ3v) is 5.38. The largest absolute Gasteiger partial charge is 0.392 e. The molecule has 1 aromatic rings. The molecule has 2 heterocycles. The number of halogens is 1. The highest BCUT2D eigenvalue weighted by atomic mass is 79.9. The number of piperidine rings is 1. The Morgan fingerprint density at radius 2 is 1.81 bits per heavy atom. The van der Waals surface area contributed by atoms with E-state index in [9.17, 15) is 5.11 Å². The average molecular weight is 353 g/mol. The first kappa shape index (κ1) is 15.3. The van der Waals surface area contributed by atoms with Gasteiger partial charge in [0.2, 0.25) is 0 Å². The van der Waals surface area contributed by atoms with Crippen LogP contribution in [0.4, 0.5) is 5.69 Å². The molecule has 1 aromatic carbocycles. The first-order valence-electron chi connectivity index (χ1n) is 8.13. The van der Waals surface area contributed by atoms with Crippen LogP contribution < -0.4 is 4.90 Å². The van der Waals surface area contributed by atoms with Crippen molar-refractivity contribution in [3.05, 3.63) is 28.2 Å². The van der Waals surface area contributed by atoms with Gasteiger partial charge in [0.15, 0.2) is 0 Å². The van der Waals surface area contributed by atoms with Gasteiger partial charge in [-0.2, -0.15) is 0 Å². The Balaban J connectivity index is 1.59. The van der Waals surface area contributed by atoms with E-state index in [1.807, 2.05) is 12.1 Å². The molecule has 0 saturated carbocycles. The molecule has 3 nitrogen and oxygen atoms in total. The topological polar surface area (TPSA) is 26.7 Å². The van der Waals surface area contributed by atoms with Crippen molar-refractivity contribution in [2.45, 2.75) is 32.3 Å². The number of aliphatic hydroxyl groups excluding tert-OH is 1. The van der Waals surface area contributed by atoms with Crippen molar-refractivity contribution in [1.82, 2.24) is 4.90 Å². The lowest BCUT2D eigenvalue weighted by molar-refractivity contribution is 0.248. The molecule has 0 radical (unpaired) electrons. The van der Waals surface area contributed by atoms with Crippen LogP contribution in [0.15, 0.2) is 22.7 Å². The maximum Gasteiger partial charge on any atom is 0.0702 e. The summed E-state index contributed by atoms with van der Waals surface area (Å²) in [6.45, 7) is 6.25. The zero-order chi connectivity index (χ0) is 14.7. The summed E-state index contributed by atoms with van der Waals surface area (Å²) in [6.07, 6.45) is 5.31. The van der Waals surface area contributed by atoms with Crippen molar-refractivity contribution in [2.24, 2.45) is 5.92 Å². The summed E-state index contributed by atoms with van der Waals surface area (Å²) in [4.78, 5) is 5.08. The van der Waals surface area contributed by atoms with Gasteiger partial charge >= 0.3 is 0 Å². The van der Waals surface area contributed by atoms with Crippen LogP contribution in [0.25, 0.3) is 0 Å². The average Bonchev–Trinajstić information content (AvgIpc) is 3.01. The Morgan fingerprint density at radius 3 is 2.48 bits per heavy atom. The second-order valence-corrected chi connectivity index (χ2v) is 7.28. The number of anilines is 1. The Hall–Kier alpha value is -0.580. The van der Waals surface area contributed by atoms with Crippen LogP contribution in [-0.2, 0) is 6.61 Å². The van der Waals surface area contributed by atoms with Crippen LogP contribution >= 0.6 is 15.9 Å². The number of likely N-dealkylation sites (tertiary alicyclic amines) is 1. The van der Waals surface area contributed by atoms with Gasteiger partial charge in [0, 0.05) is 35.4 Å². The van der Waals surface area contributed by atoms with Crippen molar-refractivity contribution in [2.75, 3.05) is 37.6 Å². The van der Waals surface area contributed by atoms with Gasteiger partial charge in [-0.15, -0.1) is 0 Å². The number of hydrogen-bond acceptors (Lipinski definition) is 3. The molecule has 21 heavy (non-hydrogen) atoms. The van der Waals surface area contributed by atoms with E-state index >= 15 is 0 Å². The van der Waals surface area contributed by atoms with E-state index in [1.54, 1.807) is 0 Å². The number of hydrogen-bond donors (Lipinski definition) is 1. The van der Waals surface area contributed by atoms with Gasteiger partial charge in [0.1, 0.15) is 0 Å². The Bertz CT molecular complexity index is 466. The van der Waals surface area contributed by atoms with E-state index < -0.39 is 0 Å². The van der Waals surface area contributed by atoms with Crippen LogP contribution in [-0.4, -0.2) is 42.7 Å². The van der Waals surface area contributed by atoms with E-state index in [2.05, 4.69) is 31.8 Å². The molecule has 0 amide bonds. The van der Waals surface area contributed by atoms with Crippen LogP contribution in [0.1, 0.15) is 31.2 Å². The normalized spacial score (nSPS) is 21.1. The molecule has 2 saturated heterocycles. The maximum atomic E-state index is 9.53. The van der Waals surface area contributed by atoms with Crippen molar-refractivity contribution >= 4 is 21.6 Å². The van der Waals surface area contributed by atoms with E-state index in [-0.39, 0.29) is 6.61 Å². The monoisotopic (exact) mass is 352 g/mol. The smallest absolute Gasteiger partial charge is 0.0702 e. The summed E-state index contributed by atoms with van der Waals surface area (Å²) in [6, 6.07) is 6.18. The van der Waals surface area contributed by atoms with Gasteiger partial charge < -0.3 is 14.9 Å². The summed E-state index contributed by atoms with van der Waals surface area (Å²) < 4.78 is 1.09. The summed E-state index contributed by atoms with van der Waals surface area (Å²) in [5.41, 5.74) is 2.24. The molecule has 0 spiro atoms. The van der Waals surface area contributed by atoms with Gasteiger partial charge in [0.05, 0.1) is 6.61 Å².